The minimum Gasteiger partial charge on any atom is -0.462 e. The number of esters is 1. The van der Waals surface area contributed by atoms with Crippen LogP contribution < -0.4 is 10.6 Å². The lowest BCUT2D eigenvalue weighted by molar-refractivity contribution is -0.117. The normalized spacial score (nSPS) is 11.8. The number of ether oxygens (including phenoxy) is 1. The number of fused-ring (bicyclic) bond motifs is 3. The van der Waals surface area contributed by atoms with E-state index in [9.17, 15) is 14.4 Å². The summed E-state index contributed by atoms with van der Waals surface area (Å²) in [5.41, 5.74) is 2.76. The van der Waals surface area contributed by atoms with Crippen molar-refractivity contribution in [2.45, 2.75) is 19.9 Å². The fraction of sp³-hybridized carbons (Fsp3) is 0.167. The molecular weight excluding hydrogens is 408 g/mol. The Morgan fingerprint density at radius 3 is 2.66 bits per heavy atom. The van der Waals surface area contributed by atoms with Crippen LogP contribution in [0.2, 0.25) is 0 Å². The Morgan fingerprint density at radius 2 is 1.84 bits per heavy atom. The standard InChI is InChI=1S/C24H22N4O4/c1-3-32-24(31)15-7-6-8-16(11-15)27-22(29)14(2)26-23(30)20-12-18-17-9-4-5-10-19(17)28-21(18)13-25-20/h4-14,28H,3H2,1-2H3,(H,26,30)(H,27,29). The van der Waals surface area contributed by atoms with E-state index >= 15 is 0 Å². The molecule has 2 aromatic carbocycles. The molecule has 0 aliphatic rings. The van der Waals surface area contributed by atoms with E-state index in [2.05, 4.69) is 20.6 Å². The quantitative estimate of drug-likeness (QED) is 0.404. The van der Waals surface area contributed by atoms with Gasteiger partial charge >= 0.3 is 5.97 Å². The second-order valence-corrected chi connectivity index (χ2v) is 7.27. The van der Waals surface area contributed by atoms with Crippen molar-refractivity contribution in [3.8, 4) is 0 Å². The molecule has 0 aliphatic carbocycles. The first-order valence-electron chi connectivity index (χ1n) is 10.2. The van der Waals surface area contributed by atoms with Gasteiger partial charge in [0.25, 0.3) is 5.91 Å². The highest BCUT2D eigenvalue weighted by molar-refractivity contribution is 6.09. The fourth-order valence-electron chi connectivity index (χ4n) is 3.40. The molecule has 3 N–H and O–H groups in total. The average molecular weight is 430 g/mol. The Bertz CT molecular complexity index is 1330. The molecule has 2 heterocycles. The van der Waals surface area contributed by atoms with Gasteiger partial charge < -0.3 is 20.4 Å². The summed E-state index contributed by atoms with van der Waals surface area (Å²) >= 11 is 0. The summed E-state index contributed by atoms with van der Waals surface area (Å²) in [6, 6.07) is 15.1. The van der Waals surface area contributed by atoms with Crippen molar-refractivity contribution < 1.29 is 19.1 Å². The van der Waals surface area contributed by atoms with E-state index < -0.39 is 23.8 Å². The molecule has 8 heteroatoms. The number of rotatable bonds is 6. The third-order valence-electron chi connectivity index (χ3n) is 5.01. The molecule has 0 radical (unpaired) electrons. The molecule has 2 aromatic heterocycles. The number of nitrogens with one attached hydrogen (secondary N) is 3. The molecule has 162 valence electrons. The van der Waals surface area contributed by atoms with Crippen molar-refractivity contribution in [1.82, 2.24) is 15.3 Å². The summed E-state index contributed by atoms with van der Waals surface area (Å²) in [6.45, 7) is 3.56. The minimum atomic E-state index is -0.825. The second kappa shape index (κ2) is 8.89. The van der Waals surface area contributed by atoms with E-state index in [-0.39, 0.29) is 12.3 Å². The van der Waals surface area contributed by atoms with Crippen molar-refractivity contribution in [3.05, 3.63) is 72.1 Å². The van der Waals surface area contributed by atoms with Crippen LogP contribution in [0.5, 0.6) is 0 Å². The number of H-pyrrole nitrogens is 1. The number of benzene rings is 2. The van der Waals surface area contributed by atoms with Gasteiger partial charge in [-0.05, 0) is 44.2 Å². The Hall–Kier alpha value is -4.20. The molecule has 0 aliphatic heterocycles. The molecule has 0 saturated carbocycles. The Labute approximate surface area is 184 Å². The van der Waals surface area contributed by atoms with Crippen LogP contribution in [0.25, 0.3) is 21.8 Å². The van der Waals surface area contributed by atoms with Gasteiger partial charge in [0.2, 0.25) is 5.91 Å². The molecule has 2 amide bonds. The van der Waals surface area contributed by atoms with Crippen LogP contribution in [0, 0.1) is 0 Å². The maximum atomic E-state index is 12.7. The predicted octanol–water partition coefficient (Wildman–Crippen LogP) is 3.65. The monoisotopic (exact) mass is 430 g/mol. The van der Waals surface area contributed by atoms with Gasteiger partial charge in [0, 0.05) is 22.0 Å². The molecule has 1 atom stereocenters. The topological polar surface area (TPSA) is 113 Å². The van der Waals surface area contributed by atoms with Crippen LogP contribution >= 0.6 is 0 Å². The zero-order chi connectivity index (χ0) is 22.7. The van der Waals surface area contributed by atoms with Crippen molar-refractivity contribution >= 4 is 45.3 Å². The predicted molar refractivity (Wildman–Crippen MR) is 122 cm³/mol. The molecule has 4 aromatic rings. The third kappa shape index (κ3) is 4.29. The maximum Gasteiger partial charge on any atom is 0.338 e. The largest absolute Gasteiger partial charge is 0.462 e. The van der Waals surface area contributed by atoms with Crippen molar-refractivity contribution in [2.24, 2.45) is 0 Å². The molecule has 32 heavy (non-hydrogen) atoms. The van der Waals surface area contributed by atoms with Crippen LogP contribution in [0.1, 0.15) is 34.7 Å². The van der Waals surface area contributed by atoms with E-state index in [1.165, 1.54) is 6.07 Å². The number of aromatic amines is 1. The zero-order valence-corrected chi connectivity index (χ0v) is 17.6. The first-order valence-corrected chi connectivity index (χ1v) is 10.2. The van der Waals surface area contributed by atoms with E-state index in [1.807, 2.05) is 24.3 Å². The number of hydrogen-bond donors (Lipinski definition) is 3. The van der Waals surface area contributed by atoms with E-state index in [4.69, 9.17) is 4.74 Å². The number of para-hydroxylation sites is 1. The summed E-state index contributed by atoms with van der Waals surface area (Å²) in [5.74, 6) is -1.35. The van der Waals surface area contributed by atoms with Gasteiger partial charge in [0.1, 0.15) is 11.7 Å². The van der Waals surface area contributed by atoms with Gasteiger partial charge in [-0.2, -0.15) is 0 Å². The van der Waals surface area contributed by atoms with Crippen LogP contribution in [-0.2, 0) is 9.53 Å². The van der Waals surface area contributed by atoms with Crippen LogP contribution in [0.3, 0.4) is 0 Å². The molecule has 4 rings (SSSR count). The zero-order valence-electron chi connectivity index (χ0n) is 17.6. The molecule has 1 unspecified atom stereocenters. The number of hydrogen-bond acceptors (Lipinski definition) is 5. The first kappa shape index (κ1) is 21.0. The Balaban J connectivity index is 1.45. The van der Waals surface area contributed by atoms with E-state index in [1.54, 1.807) is 44.3 Å². The van der Waals surface area contributed by atoms with Gasteiger partial charge in [-0.3, -0.25) is 9.59 Å². The second-order valence-electron chi connectivity index (χ2n) is 7.27. The Kier molecular flexibility index (Phi) is 5.85. The van der Waals surface area contributed by atoms with Gasteiger partial charge in [-0.1, -0.05) is 24.3 Å². The van der Waals surface area contributed by atoms with Crippen molar-refractivity contribution in [2.75, 3.05) is 11.9 Å². The summed E-state index contributed by atoms with van der Waals surface area (Å²) in [6.07, 6.45) is 1.61. The molecule has 0 fully saturated rings. The van der Waals surface area contributed by atoms with Crippen LogP contribution in [0.4, 0.5) is 5.69 Å². The number of amides is 2. The first-order chi connectivity index (χ1) is 15.5. The van der Waals surface area contributed by atoms with Gasteiger partial charge in [-0.25, -0.2) is 9.78 Å². The smallest absolute Gasteiger partial charge is 0.338 e. The highest BCUT2D eigenvalue weighted by Crippen LogP contribution is 2.25. The van der Waals surface area contributed by atoms with E-state index in [0.717, 1.165) is 21.8 Å². The molecule has 0 bridgehead atoms. The summed E-state index contributed by atoms with van der Waals surface area (Å²) in [4.78, 5) is 44.6. The maximum absolute atomic E-state index is 12.7. The number of carbonyl (C=O) groups excluding carboxylic acids is 3. The number of aromatic nitrogens is 2. The van der Waals surface area contributed by atoms with Crippen LogP contribution in [-0.4, -0.2) is 40.4 Å². The molecule has 8 nitrogen and oxygen atoms in total. The summed E-state index contributed by atoms with van der Waals surface area (Å²) in [7, 11) is 0. The van der Waals surface area contributed by atoms with Crippen LogP contribution in [0.15, 0.2) is 60.8 Å². The minimum absolute atomic E-state index is 0.214. The number of nitrogens with zero attached hydrogens (tertiary/aromatic N) is 1. The highest BCUT2D eigenvalue weighted by Gasteiger charge is 2.19. The lowest BCUT2D eigenvalue weighted by Crippen LogP contribution is -2.41. The molecular formula is C24H22N4O4. The lowest BCUT2D eigenvalue weighted by atomic mass is 10.1. The summed E-state index contributed by atoms with van der Waals surface area (Å²) in [5, 5.41) is 7.24. The number of pyridine rings is 1. The van der Waals surface area contributed by atoms with E-state index in [0.29, 0.717) is 11.3 Å². The van der Waals surface area contributed by atoms with Gasteiger partial charge in [-0.15, -0.1) is 0 Å². The molecule has 0 spiro atoms. The number of anilines is 1. The third-order valence-corrected chi connectivity index (χ3v) is 5.01. The van der Waals surface area contributed by atoms with Crippen molar-refractivity contribution in [3.63, 3.8) is 0 Å². The lowest BCUT2D eigenvalue weighted by Gasteiger charge is -2.14. The average Bonchev–Trinajstić information content (AvgIpc) is 3.17. The summed E-state index contributed by atoms with van der Waals surface area (Å²) < 4.78 is 4.97. The van der Waals surface area contributed by atoms with Gasteiger partial charge in [0.05, 0.1) is 23.9 Å². The Morgan fingerprint density at radius 1 is 1.03 bits per heavy atom. The van der Waals surface area contributed by atoms with Gasteiger partial charge in [0.15, 0.2) is 0 Å². The number of carbonyl (C=O) groups is 3. The SMILES string of the molecule is CCOC(=O)c1cccc(NC(=O)C(C)NC(=O)c2cc3c(cn2)[nH]c2ccccc23)c1. The fourth-order valence-corrected chi connectivity index (χ4v) is 3.40. The van der Waals surface area contributed by atoms with Crippen molar-refractivity contribution in [1.29, 1.82) is 0 Å². The molecule has 0 saturated heterocycles. The highest BCUT2D eigenvalue weighted by atomic mass is 16.5.